The fraction of sp³-hybridized carbons (Fsp3) is 0.176. The van der Waals surface area contributed by atoms with Crippen LogP contribution in [-0.2, 0) is 0 Å². The molecule has 3 rings (SSSR count). The summed E-state index contributed by atoms with van der Waals surface area (Å²) < 4.78 is 0. The van der Waals surface area contributed by atoms with Gasteiger partial charge >= 0.3 is 0 Å². The largest absolute Gasteiger partial charge is 0.337 e. The van der Waals surface area contributed by atoms with Crippen LogP contribution in [0.3, 0.4) is 0 Å². The molecule has 0 saturated carbocycles. The number of H-pyrrole nitrogens is 1. The standard InChI is InChI=1S/C17H15N3S/c1-10-4-5-21-16(10)8-13(9-18)17-19-14-6-11(2)12(3)7-15(14)20-17/h4-8H,1-3H3,(H,19,20)/b13-8-. The van der Waals surface area contributed by atoms with Crippen LogP contribution in [-0.4, -0.2) is 9.97 Å². The third-order valence-electron chi connectivity index (χ3n) is 3.65. The average molecular weight is 293 g/mol. The second-order valence-electron chi connectivity index (χ2n) is 5.18. The highest BCUT2D eigenvalue weighted by atomic mass is 32.1. The Kier molecular flexibility index (Phi) is 3.36. The predicted octanol–water partition coefficient (Wildman–Crippen LogP) is 4.61. The van der Waals surface area contributed by atoms with Crippen LogP contribution < -0.4 is 0 Å². The lowest BCUT2D eigenvalue weighted by Crippen LogP contribution is -1.84. The number of hydrogen-bond donors (Lipinski definition) is 1. The van der Waals surface area contributed by atoms with Crippen LogP contribution in [0.1, 0.15) is 27.4 Å². The van der Waals surface area contributed by atoms with Gasteiger partial charge in [-0.3, -0.25) is 0 Å². The molecular formula is C17H15N3S. The van der Waals surface area contributed by atoms with Gasteiger partial charge in [0.15, 0.2) is 0 Å². The van der Waals surface area contributed by atoms with Gasteiger partial charge in [0.1, 0.15) is 11.9 Å². The van der Waals surface area contributed by atoms with E-state index in [9.17, 15) is 5.26 Å². The number of thiophene rings is 1. The number of rotatable bonds is 2. The molecule has 0 amide bonds. The Labute approximate surface area is 127 Å². The molecule has 0 bridgehead atoms. The van der Waals surface area contributed by atoms with Gasteiger partial charge in [0.25, 0.3) is 0 Å². The van der Waals surface area contributed by atoms with Gasteiger partial charge < -0.3 is 4.98 Å². The van der Waals surface area contributed by atoms with Crippen molar-refractivity contribution in [3.05, 3.63) is 51.0 Å². The molecule has 1 N–H and O–H groups in total. The number of aryl methyl sites for hydroxylation is 3. The molecule has 0 aliphatic heterocycles. The van der Waals surface area contributed by atoms with Gasteiger partial charge in [0.2, 0.25) is 0 Å². The molecule has 4 heteroatoms. The number of nitrogens with zero attached hydrogens (tertiary/aromatic N) is 2. The van der Waals surface area contributed by atoms with E-state index in [2.05, 4.69) is 48.1 Å². The first-order valence-electron chi connectivity index (χ1n) is 6.71. The molecule has 0 aliphatic carbocycles. The second-order valence-corrected chi connectivity index (χ2v) is 6.12. The second kappa shape index (κ2) is 5.19. The number of hydrogen-bond acceptors (Lipinski definition) is 3. The number of aromatic amines is 1. The SMILES string of the molecule is Cc1cc2nc(/C(C#N)=C\c3sccc3C)[nH]c2cc1C. The lowest BCUT2D eigenvalue weighted by atomic mass is 10.1. The van der Waals surface area contributed by atoms with Crippen LogP contribution in [0.5, 0.6) is 0 Å². The summed E-state index contributed by atoms with van der Waals surface area (Å²) in [5, 5.41) is 11.5. The number of benzene rings is 1. The first-order valence-corrected chi connectivity index (χ1v) is 7.59. The van der Waals surface area contributed by atoms with Crippen molar-refractivity contribution in [1.82, 2.24) is 9.97 Å². The van der Waals surface area contributed by atoms with Crippen LogP contribution >= 0.6 is 11.3 Å². The van der Waals surface area contributed by atoms with E-state index < -0.39 is 0 Å². The number of allylic oxidation sites excluding steroid dienone is 1. The molecule has 0 saturated heterocycles. The Hall–Kier alpha value is -2.38. The number of aromatic nitrogens is 2. The Morgan fingerprint density at radius 3 is 2.67 bits per heavy atom. The van der Waals surface area contributed by atoms with Gasteiger partial charge in [-0.25, -0.2) is 4.98 Å². The van der Waals surface area contributed by atoms with E-state index in [0.717, 1.165) is 15.9 Å². The topological polar surface area (TPSA) is 52.5 Å². The quantitative estimate of drug-likeness (QED) is 0.701. The maximum Gasteiger partial charge on any atom is 0.149 e. The summed E-state index contributed by atoms with van der Waals surface area (Å²) in [5.41, 5.74) is 6.03. The summed E-state index contributed by atoms with van der Waals surface area (Å²) in [5.74, 6) is 0.630. The van der Waals surface area contributed by atoms with Gasteiger partial charge in [0.05, 0.1) is 16.6 Å². The minimum absolute atomic E-state index is 0.562. The minimum Gasteiger partial charge on any atom is -0.337 e. The van der Waals surface area contributed by atoms with E-state index >= 15 is 0 Å². The molecule has 104 valence electrons. The maximum atomic E-state index is 9.43. The molecule has 2 aromatic heterocycles. The van der Waals surface area contributed by atoms with Gasteiger partial charge in [-0.05, 0) is 67.1 Å². The van der Waals surface area contributed by atoms with E-state index in [1.807, 2.05) is 18.4 Å². The van der Waals surface area contributed by atoms with Crippen molar-refractivity contribution in [3.8, 4) is 6.07 Å². The van der Waals surface area contributed by atoms with Gasteiger partial charge in [-0.2, -0.15) is 5.26 Å². The molecule has 0 atom stereocenters. The molecule has 1 aromatic carbocycles. The van der Waals surface area contributed by atoms with E-state index in [1.165, 1.54) is 16.7 Å². The summed E-state index contributed by atoms with van der Waals surface area (Å²) >= 11 is 1.63. The molecule has 0 unspecified atom stereocenters. The Balaban J connectivity index is 2.12. The van der Waals surface area contributed by atoms with Crippen molar-refractivity contribution < 1.29 is 0 Å². The normalized spacial score (nSPS) is 11.8. The number of nitriles is 1. The van der Waals surface area contributed by atoms with Crippen molar-refractivity contribution in [2.75, 3.05) is 0 Å². The summed E-state index contributed by atoms with van der Waals surface area (Å²) in [6.07, 6.45) is 1.90. The molecule has 21 heavy (non-hydrogen) atoms. The zero-order chi connectivity index (χ0) is 15.0. The van der Waals surface area contributed by atoms with E-state index in [0.29, 0.717) is 11.4 Å². The third kappa shape index (κ3) is 2.48. The molecule has 0 radical (unpaired) electrons. The first kappa shape index (κ1) is 13.6. The molecule has 0 aliphatic rings. The summed E-state index contributed by atoms with van der Waals surface area (Å²) in [7, 11) is 0. The molecule has 0 fully saturated rings. The van der Waals surface area contributed by atoms with Gasteiger partial charge in [-0.1, -0.05) is 0 Å². The van der Waals surface area contributed by atoms with E-state index in [-0.39, 0.29) is 0 Å². The summed E-state index contributed by atoms with van der Waals surface area (Å²) in [4.78, 5) is 8.90. The highest BCUT2D eigenvalue weighted by Gasteiger charge is 2.10. The molecule has 0 spiro atoms. The van der Waals surface area contributed by atoms with Crippen LogP contribution in [0.25, 0.3) is 22.7 Å². The molecule has 2 heterocycles. The van der Waals surface area contributed by atoms with Crippen LogP contribution in [0.4, 0.5) is 0 Å². The maximum absolute atomic E-state index is 9.43. The van der Waals surface area contributed by atoms with Crippen LogP contribution in [0.15, 0.2) is 23.6 Å². The summed E-state index contributed by atoms with van der Waals surface area (Å²) in [6, 6.07) is 8.43. The predicted molar refractivity (Wildman–Crippen MR) is 88.1 cm³/mol. The van der Waals surface area contributed by atoms with Crippen molar-refractivity contribution in [3.63, 3.8) is 0 Å². The van der Waals surface area contributed by atoms with E-state index in [1.54, 1.807) is 11.3 Å². The van der Waals surface area contributed by atoms with Crippen LogP contribution in [0.2, 0.25) is 0 Å². The third-order valence-corrected chi connectivity index (χ3v) is 4.62. The Morgan fingerprint density at radius 1 is 1.24 bits per heavy atom. The first-order chi connectivity index (χ1) is 10.1. The Bertz CT molecular complexity index is 852. The fourth-order valence-electron chi connectivity index (χ4n) is 2.21. The van der Waals surface area contributed by atoms with Crippen molar-refractivity contribution >= 4 is 34.0 Å². The van der Waals surface area contributed by atoms with Crippen molar-refractivity contribution in [2.24, 2.45) is 0 Å². The van der Waals surface area contributed by atoms with Crippen LogP contribution in [0, 0.1) is 32.1 Å². The lowest BCUT2D eigenvalue weighted by molar-refractivity contribution is 1.27. The highest BCUT2D eigenvalue weighted by Crippen LogP contribution is 2.24. The van der Waals surface area contributed by atoms with Gasteiger partial charge in [0, 0.05) is 4.88 Å². The van der Waals surface area contributed by atoms with E-state index in [4.69, 9.17) is 0 Å². The minimum atomic E-state index is 0.562. The molecule has 3 aromatic rings. The van der Waals surface area contributed by atoms with Crippen molar-refractivity contribution in [1.29, 1.82) is 5.26 Å². The number of fused-ring (bicyclic) bond motifs is 1. The van der Waals surface area contributed by atoms with Gasteiger partial charge in [-0.15, -0.1) is 11.3 Å². The zero-order valence-electron chi connectivity index (χ0n) is 12.2. The summed E-state index contributed by atoms with van der Waals surface area (Å²) in [6.45, 7) is 6.19. The lowest BCUT2D eigenvalue weighted by Gasteiger charge is -1.97. The average Bonchev–Trinajstić information content (AvgIpc) is 3.03. The van der Waals surface area contributed by atoms with Crippen molar-refractivity contribution in [2.45, 2.75) is 20.8 Å². The fourth-order valence-corrected chi connectivity index (χ4v) is 3.07. The smallest absolute Gasteiger partial charge is 0.149 e. The molecular weight excluding hydrogens is 278 g/mol. The zero-order valence-corrected chi connectivity index (χ0v) is 13.0. The monoisotopic (exact) mass is 293 g/mol. The molecule has 3 nitrogen and oxygen atoms in total. The number of nitrogens with one attached hydrogen (secondary N) is 1. The highest BCUT2D eigenvalue weighted by molar-refractivity contribution is 7.11. The Morgan fingerprint density at radius 2 is 2.00 bits per heavy atom. The number of imidazole rings is 1.